The quantitative estimate of drug-likeness (QED) is 0.622. The van der Waals surface area contributed by atoms with Crippen LogP contribution in [0.15, 0.2) is 18.2 Å². The lowest BCUT2D eigenvalue weighted by atomic mass is 9.93. The topological polar surface area (TPSA) is 72.7 Å². The fourth-order valence-electron chi connectivity index (χ4n) is 3.36. The number of rotatable bonds is 2. The van der Waals surface area contributed by atoms with E-state index >= 15 is 0 Å². The van der Waals surface area contributed by atoms with Gasteiger partial charge >= 0.3 is 0 Å². The van der Waals surface area contributed by atoms with Gasteiger partial charge < -0.3 is 9.64 Å². The van der Waals surface area contributed by atoms with Gasteiger partial charge in [-0.1, -0.05) is 19.3 Å². The summed E-state index contributed by atoms with van der Waals surface area (Å²) in [6.45, 7) is 2.14. The van der Waals surface area contributed by atoms with Gasteiger partial charge in [0.2, 0.25) is 0 Å². The second kappa shape index (κ2) is 5.94. The monoisotopic (exact) mass is 304 g/mol. The van der Waals surface area contributed by atoms with Crippen LogP contribution in [-0.4, -0.2) is 27.9 Å². The number of nitro benzene ring substituents is 1. The van der Waals surface area contributed by atoms with Crippen molar-refractivity contribution in [2.45, 2.75) is 57.7 Å². The lowest BCUT2D eigenvalue weighted by Crippen LogP contribution is -2.45. The number of fused-ring (bicyclic) bond motifs is 1. The highest BCUT2D eigenvalue weighted by atomic mass is 16.6. The lowest BCUT2D eigenvalue weighted by Gasteiger charge is -2.34. The molecule has 1 aliphatic carbocycles. The Labute approximate surface area is 129 Å². The molecule has 0 spiro atoms. The first-order valence-electron chi connectivity index (χ1n) is 7.80. The standard InChI is InChI=1S/C16H20N2O4/c1-11-16(19)17(13-5-3-2-4-6-13)10-12-9-14(18(20)21)7-8-15(12)22-11/h7-9,11,13H,2-6,10H2,1H3. The maximum absolute atomic E-state index is 12.6. The molecule has 1 heterocycles. The van der Waals surface area contributed by atoms with Crippen LogP contribution in [-0.2, 0) is 11.3 Å². The largest absolute Gasteiger partial charge is 0.481 e. The molecule has 2 aliphatic rings. The van der Waals surface area contributed by atoms with Crippen molar-refractivity contribution in [3.8, 4) is 5.75 Å². The summed E-state index contributed by atoms with van der Waals surface area (Å²) in [5.41, 5.74) is 0.755. The molecule has 0 saturated heterocycles. The molecule has 1 atom stereocenters. The zero-order chi connectivity index (χ0) is 15.7. The van der Waals surface area contributed by atoms with E-state index in [4.69, 9.17) is 4.74 Å². The third kappa shape index (κ3) is 2.77. The van der Waals surface area contributed by atoms with Crippen molar-refractivity contribution in [3.63, 3.8) is 0 Å². The van der Waals surface area contributed by atoms with Gasteiger partial charge in [0.15, 0.2) is 6.10 Å². The zero-order valence-electron chi connectivity index (χ0n) is 12.7. The fraction of sp³-hybridized carbons (Fsp3) is 0.562. The van der Waals surface area contributed by atoms with Crippen LogP contribution in [0.25, 0.3) is 0 Å². The minimum absolute atomic E-state index is 0.0225. The molecule has 118 valence electrons. The average molecular weight is 304 g/mol. The van der Waals surface area contributed by atoms with E-state index in [1.807, 2.05) is 4.90 Å². The molecular formula is C16H20N2O4. The highest BCUT2D eigenvalue weighted by Crippen LogP contribution is 2.32. The van der Waals surface area contributed by atoms with E-state index in [9.17, 15) is 14.9 Å². The average Bonchev–Trinajstić information content (AvgIpc) is 2.65. The third-order valence-electron chi connectivity index (χ3n) is 4.55. The predicted octanol–water partition coefficient (Wildman–Crippen LogP) is 3.04. The van der Waals surface area contributed by atoms with Gasteiger partial charge in [0, 0.05) is 30.3 Å². The molecule has 1 amide bonds. The summed E-state index contributed by atoms with van der Waals surface area (Å²) in [5, 5.41) is 11.0. The van der Waals surface area contributed by atoms with Crippen LogP contribution < -0.4 is 4.74 Å². The number of non-ortho nitro benzene ring substituents is 1. The molecule has 0 radical (unpaired) electrons. The number of carbonyl (C=O) groups excluding carboxylic acids is 1. The van der Waals surface area contributed by atoms with Crippen LogP contribution >= 0.6 is 0 Å². The number of hydrogen-bond acceptors (Lipinski definition) is 4. The van der Waals surface area contributed by atoms with E-state index in [0.717, 1.165) is 31.2 Å². The predicted molar refractivity (Wildman–Crippen MR) is 80.6 cm³/mol. The minimum Gasteiger partial charge on any atom is -0.481 e. The van der Waals surface area contributed by atoms with Crippen LogP contribution in [0.5, 0.6) is 5.75 Å². The van der Waals surface area contributed by atoms with Gasteiger partial charge in [-0.3, -0.25) is 14.9 Å². The van der Waals surface area contributed by atoms with Crippen molar-refractivity contribution in [2.75, 3.05) is 0 Å². The molecule has 22 heavy (non-hydrogen) atoms. The molecule has 1 aliphatic heterocycles. The molecule has 1 unspecified atom stereocenters. The molecule has 1 aromatic carbocycles. The summed E-state index contributed by atoms with van der Waals surface area (Å²) in [5.74, 6) is 0.551. The van der Waals surface area contributed by atoms with Gasteiger partial charge in [-0.25, -0.2) is 0 Å². The summed E-state index contributed by atoms with van der Waals surface area (Å²) >= 11 is 0. The van der Waals surface area contributed by atoms with Crippen molar-refractivity contribution in [1.29, 1.82) is 0 Å². The number of nitro groups is 1. The van der Waals surface area contributed by atoms with Gasteiger partial charge in [0.25, 0.3) is 11.6 Å². The number of carbonyl (C=O) groups is 1. The van der Waals surface area contributed by atoms with Crippen LogP contribution in [0, 0.1) is 10.1 Å². The van der Waals surface area contributed by atoms with Crippen molar-refractivity contribution < 1.29 is 14.5 Å². The Balaban J connectivity index is 1.93. The third-order valence-corrected chi connectivity index (χ3v) is 4.55. The number of hydrogen-bond donors (Lipinski definition) is 0. The first-order valence-corrected chi connectivity index (χ1v) is 7.80. The summed E-state index contributed by atoms with van der Waals surface area (Å²) < 4.78 is 5.71. The zero-order valence-corrected chi connectivity index (χ0v) is 12.7. The maximum atomic E-state index is 12.6. The highest BCUT2D eigenvalue weighted by molar-refractivity contribution is 5.82. The Morgan fingerprint density at radius 3 is 2.68 bits per heavy atom. The molecule has 1 saturated carbocycles. The van der Waals surface area contributed by atoms with Gasteiger partial charge in [-0.05, 0) is 25.8 Å². The molecule has 1 aromatic rings. The van der Waals surface area contributed by atoms with Crippen LogP contribution in [0.3, 0.4) is 0 Å². The van der Waals surface area contributed by atoms with Crippen LogP contribution in [0.4, 0.5) is 5.69 Å². The number of amides is 1. The highest BCUT2D eigenvalue weighted by Gasteiger charge is 2.33. The number of nitrogens with zero attached hydrogens (tertiary/aromatic N) is 2. The summed E-state index contributed by atoms with van der Waals surface area (Å²) in [7, 11) is 0. The normalized spacial score (nSPS) is 22.7. The Bertz CT molecular complexity index is 596. The first-order chi connectivity index (χ1) is 10.6. The number of benzene rings is 1. The molecule has 3 rings (SSSR count). The van der Waals surface area contributed by atoms with Gasteiger partial charge in [-0.15, -0.1) is 0 Å². The Hall–Kier alpha value is -2.11. The molecular weight excluding hydrogens is 284 g/mol. The van der Waals surface area contributed by atoms with Crippen molar-refractivity contribution in [1.82, 2.24) is 4.90 Å². The van der Waals surface area contributed by atoms with Gasteiger partial charge in [0.05, 0.1) is 4.92 Å². The van der Waals surface area contributed by atoms with Gasteiger partial charge in [0.1, 0.15) is 5.75 Å². The number of ether oxygens (including phenoxy) is 1. The first kappa shape index (κ1) is 14.8. The SMILES string of the molecule is CC1Oc2ccc([N+](=O)[O-])cc2CN(C2CCCCC2)C1=O. The second-order valence-electron chi connectivity index (χ2n) is 6.07. The van der Waals surface area contributed by atoms with E-state index in [1.165, 1.54) is 18.6 Å². The van der Waals surface area contributed by atoms with Crippen LogP contribution in [0.1, 0.15) is 44.6 Å². The van der Waals surface area contributed by atoms with E-state index in [1.54, 1.807) is 13.0 Å². The Morgan fingerprint density at radius 2 is 2.00 bits per heavy atom. The van der Waals surface area contributed by atoms with E-state index in [2.05, 4.69) is 0 Å². The summed E-state index contributed by atoms with van der Waals surface area (Å²) in [6, 6.07) is 4.77. The van der Waals surface area contributed by atoms with Crippen molar-refractivity contribution in [2.24, 2.45) is 0 Å². The van der Waals surface area contributed by atoms with Crippen molar-refractivity contribution in [3.05, 3.63) is 33.9 Å². The fourth-order valence-corrected chi connectivity index (χ4v) is 3.36. The Morgan fingerprint density at radius 1 is 1.27 bits per heavy atom. The Kier molecular flexibility index (Phi) is 4.00. The molecule has 0 bridgehead atoms. The van der Waals surface area contributed by atoms with Crippen molar-refractivity contribution >= 4 is 11.6 Å². The van der Waals surface area contributed by atoms with Crippen LogP contribution in [0.2, 0.25) is 0 Å². The summed E-state index contributed by atoms with van der Waals surface area (Å²) in [6.07, 6.45) is 4.93. The van der Waals surface area contributed by atoms with E-state index in [0.29, 0.717) is 12.3 Å². The molecule has 1 fully saturated rings. The smallest absolute Gasteiger partial charge is 0.270 e. The molecule has 0 N–H and O–H groups in total. The lowest BCUT2D eigenvalue weighted by molar-refractivity contribution is -0.384. The molecule has 6 heteroatoms. The molecule has 6 nitrogen and oxygen atoms in total. The summed E-state index contributed by atoms with van der Waals surface area (Å²) in [4.78, 5) is 25.0. The van der Waals surface area contributed by atoms with E-state index in [-0.39, 0.29) is 17.6 Å². The molecule has 0 aromatic heterocycles. The minimum atomic E-state index is -0.551. The maximum Gasteiger partial charge on any atom is 0.270 e. The second-order valence-corrected chi connectivity index (χ2v) is 6.07. The van der Waals surface area contributed by atoms with Gasteiger partial charge in [-0.2, -0.15) is 0 Å². The van der Waals surface area contributed by atoms with E-state index < -0.39 is 11.0 Å².